The summed E-state index contributed by atoms with van der Waals surface area (Å²) < 4.78 is 61.0. The molecule has 0 bridgehead atoms. The van der Waals surface area contributed by atoms with E-state index >= 15 is 0 Å². The van der Waals surface area contributed by atoms with E-state index in [1.165, 1.54) is 19.1 Å². The Balaban J connectivity index is 3.24. The first-order valence-electron chi connectivity index (χ1n) is 5.12. The van der Waals surface area contributed by atoms with Crippen molar-refractivity contribution in [2.24, 2.45) is 0 Å². The second-order valence-corrected chi connectivity index (χ2v) is 5.98. The Labute approximate surface area is 109 Å². The first-order valence-corrected chi connectivity index (χ1v) is 6.56. The molecule has 0 amide bonds. The highest BCUT2D eigenvalue weighted by molar-refractivity contribution is 7.89. The predicted molar refractivity (Wildman–Crippen MR) is 61.8 cm³/mol. The molecule has 0 aliphatic rings. The molecule has 0 fully saturated rings. The molecule has 0 aliphatic heterocycles. The van der Waals surface area contributed by atoms with Gasteiger partial charge < -0.3 is 0 Å². The van der Waals surface area contributed by atoms with Gasteiger partial charge in [0.2, 0.25) is 10.0 Å². The van der Waals surface area contributed by atoms with E-state index in [1.54, 1.807) is 6.07 Å². The second kappa shape index (κ2) is 5.19. The Morgan fingerprint density at radius 1 is 1.37 bits per heavy atom. The van der Waals surface area contributed by atoms with Gasteiger partial charge in [-0.2, -0.15) is 22.7 Å². The molecule has 104 valence electrons. The van der Waals surface area contributed by atoms with Crippen LogP contribution in [0.2, 0.25) is 0 Å². The average Bonchev–Trinajstić information content (AvgIpc) is 2.27. The van der Waals surface area contributed by atoms with Crippen LogP contribution in [-0.4, -0.2) is 32.5 Å². The number of hydrogen-bond acceptors (Lipinski definition) is 3. The first-order chi connectivity index (χ1) is 8.58. The van der Waals surface area contributed by atoms with E-state index in [1.807, 2.05) is 0 Å². The highest BCUT2D eigenvalue weighted by atomic mass is 32.2. The van der Waals surface area contributed by atoms with Crippen LogP contribution in [0.15, 0.2) is 23.1 Å². The summed E-state index contributed by atoms with van der Waals surface area (Å²) in [4.78, 5) is -0.293. The van der Waals surface area contributed by atoms with Crippen molar-refractivity contribution in [3.8, 4) is 6.07 Å². The van der Waals surface area contributed by atoms with Crippen molar-refractivity contribution in [3.63, 3.8) is 0 Å². The van der Waals surface area contributed by atoms with Gasteiger partial charge in [-0.15, -0.1) is 0 Å². The maximum Gasteiger partial charge on any atom is 0.402 e. The molecule has 0 N–H and O–H groups in total. The van der Waals surface area contributed by atoms with E-state index in [0.717, 1.165) is 13.1 Å². The normalized spacial score (nSPS) is 12.5. The lowest BCUT2D eigenvalue weighted by Crippen LogP contribution is -2.36. The van der Waals surface area contributed by atoms with Crippen LogP contribution in [0, 0.1) is 18.3 Å². The second-order valence-electron chi connectivity index (χ2n) is 3.97. The summed E-state index contributed by atoms with van der Waals surface area (Å²) in [6.45, 7) is -0.124. The number of hydrogen-bond donors (Lipinski definition) is 0. The van der Waals surface area contributed by atoms with E-state index in [0.29, 0.717) is 0 Å². The summed E-state index contributed by atoms with van der Waals surface area (Å²) in [6.07, 6.45) is -4.62. The van der Waals surface area contributed by atoms with Crippen molar-refractivity contribution in [2.75, 3.05) is 13.6 Å². The summed E-state index contributed by atoms with van der Waals surface area (Å²) in [7, 11) is -3.42. The predicted octanol–water partition coefficient (Wildman–Crippen LogP) is 2.05. The molecule has 0 saturated heterocycles. The van der Waals surface area contributed by atoms with Crippen molar-refractivity contribution in [3.05, 3.63) is 29.3 Å². The van der Waals surface area contributed by atoms with Crippen LogP contribution in [0.3, 0.4) is 0 Å². The SMILES string of the molecule is Cc1ccc(C#N)cc1S(=O)(=O)N(C)CC(F)(F)F. The van der Waals surface area contributed by atoms with Crippen LogP contribution in [0.25, 0.3) is 0 Å². The number of halogens is 3. The van der Waals surface area contributed by atoms with Crippen molar-refractivity contribution < 1.29 is 21.6 Å². The molecule has 0 aliphatic carbocycles. The number of rotatable bonds is 3. The minimum Gasteiger partial charge on any atom is -0.207 e. The molecule has 0 aromatic heterocycles. The summed E-state index contributed by atoms with van der Waals surface area (Å²) in [5.41, 5.74) is 0.359. The lowest BCUT2D eigenvalue weighted by atomic mass is 10.2. The number of alkyl halides is 3. The number of sulfonamides is 1. The van der Waals surface area contributed by atoms with Crippen LogP contribution in [-0.2, 0) is 10.0 Å². The van der Waals surface area contributed by atoms with Crippen molar-refractivity contribution in [2.45, 2.75) is 18.0 Å². The number of benzene rings is 1. The van der Waals surface area contributed by atoms with Gasteiger partial charge in [-0.25, -0.2) is 8.42 Å². The van der Waals surface area contributed by atoms with Gasteiger partial charge in [0, 0.05) is 7.05 Å². The van der Waals surface area contributed by atoms with Crippen LogP contribution in [0.5, 0.6) is 0 Å². The highest BCUT2D eigenvalue weighted by Crippen LogP contribution is 2.24. The summed E-state index contributed by atoms with van der Waals surface area (Å²) >= 11 is 0. The smallest absolute Gasteiger partial charge is 0.207 e. The highest BCUT2D eigenvalue weighted by Gasteiger charge is 2.35. The molecule has 0 saturated carbocycles. The molecule has 4 nitrogen and oxygen atoms in total. The number of nitriles is 1. The molecule has 1 rings (SSSR count). The Hall–Kier alpha value is -1.59. The topological polar surface area (TPSA) is 61.2 Å². The monoisotopic (exact) mass is 292 g/mol. The van der Waals surface area contributed by atoms with E-state index in [-0.39, 0.29) is 20.3 Å². The van der Waals surface area contributed by atoms with Crippen LogP contribution in [0.1, 0.15) is 11.1 Å². The largest absolute Gasteiger partial charge is 0.402 e. The number of nitrogens with zero attached hydrogens (tertiary/aromatic N) is 2. The fraction of sp³-hybridized carbons (Fsp3) is 0.364. The van der Waals surface area contributed by atoms with Gasteiger partial charge in [0.05, 0.1) is 16.5 Å². The molecule has 0 atom stereocenters. The standard InChI is InChI=1S/C11H11F3N2O2S/c1-8-3-4-9(6-15)5-10(8)19(17,18)16(2)7-11(12,13)14/h3-5H,7H2,1-2H3. The third-order valence-corrected chi connectivity index (χ3v) is 4.35. The van der Waals surface area contributed by atoms with E-state index in [9.17, 15) is 21.6 Å². The van der Waals surface area contributed by atoms with E-state index in [4.69, 9.17) is 5.26 Å². The van der Waals surface area contributed by atoms with Gasteiger partial charge in [-0.05, 0) is 24.6 Å². The minimum atomic E-state index is -4.62. The first kappa shape index (κ1) is 15.5. The van der Waals surface area contributed by atoms with Gasteiger partial charge in [0.25, 0.3) is 0 Å². The Kier molecular flexibility index (Phi) is 4.22. The summed E-state index contributed by atoms with van der Waals surface area (Å²) in [5, 5.41) is 8.71. The van der Waals surface area contributed by atoms with Gasteiger partial charge in [-0.1, -0.05) is 6.07 Å². The zero-order valence-corrected chi connectivity index (χ0v) is 11.0. The molecule has 0 heterocycles. The average molecular weight is 292 g/mol. The Morgan fingerprint density at radius 3 is 2.42 bits per heavy atom. The van der Waals surface area contributed by atoms with Gasteiger partial charge >= 0.3 is 6.18 Å². The molecule has 0 radical (unpaired) electrons. The van der Waals surface area contributed by atoms with Crippen molar-refractivity contribution in [1.82, 2.24) is 4.31 Å². The summed E-state index contributed by atoms with van der Waals surface area (Å²) in [6, 6.07) is 5.60. The molecule has 0 unspecified atom stereocenters. The maximum atomic E-state index is 12.2. The summed E-state index contributed by atoms with van der Waals surface area (Å²) in [5.74, 6) is 0. The lowest BCUT2D eigenvalue weighted by molar-refractivity contribution is -0.134. The van der Waals surface area contributed by atoms with Crippen molar-refractivity contribution in [1.29, 1.82) is 5.26 Å². The molecular weight excluding hydrogens is 281 g/mol. The fourth-order valence-corrected chi connectivity index (χ4v) is 2.86. The molecule has 0 spiro atoms. The third kappa shape index (κ3) is 3.68. The molecule has 8 heteroatoms. The zero-order valence-electron chi connectivity index (χ0n) is 10.2. The third-order valence-electron chi connectivity index (χ3n) is 2.41. The quantitative estimate of drug-likeness (QED) is 0.856. The fourth-order valence-electron chi connectivity index (χ4n) is 1.45. The molecular formula is C11H11F3N2O2S. The van der Waals surface area contributed by atoms with Crippen LogP contribution >= 0.6 is 0 Å². The van der Waals surface area contributed by atoms with Crippen molar-refractivity contribution >= 4 is 10.0 Å². The molecule has 1 aromatic carbocycles. The van der Waals surface area contributed by atoms with Crippen LogP contribution < -0.4 is 0 Å². The lowest BCUT2D eigenvalue weighted by Gasteiger charge is -2.19. The molecule has 19 heavy (non-hydrogen) atoms. The number of aryl methyl sites for hydroxylation is 1. The Bertz CT molecular complexity index is 618. The van der Waals surface area contributed by atoms with Gasteiger partial charge in [0.1, 0.15) is 6.54 Å². The molecule has 1 aromatic rings. The zero-order chi connectivity index (χ0) is 14.8. The van der Waals surface area contributed by atoms with E-state index in [2.05, 4.69) is 0 Å². The minimum absolute atomic E-state index is 0.0737. The van der Waals surface area contributed by atoms with Crippen LogP contribution in [0.4, 0.5) is 13.2 Å². The van der Waals surface area contributed by atoms with E-state index < -0.39 is 22.7 Å². The maximum absolute atomic E-state index is 12.2. The van der Waals surface area contributed by atoms with Gasteiger partial charge in [-0.3, -0.25) is 0 Å². The van der Waals surface area contributed by atoms with Gasteiger partial charge in [0.15, 0.2) is 0 Å². The Morgan fingerprint density at radius 2 is 1.95 bits per heavy atom.